The van der Waals surface area contributed by atoms with Gasteiger partial charge in [0.05, 0.1) is 12.7 Å². The van der Waals surface area contributed by atoms with Gasteiger partial charge in [0, 0.05) is 11.1 Å². The van der Waals surface area contributed by atoms with Gasteiger partial charge in [-0.25, -0.2) is 4.79 Å². The molecule has 3 rings (SSSR count). The molecule has 0 N–H and O–H groups in total. The van der Waals surface area contributed by atoms with Crippen molar-refractivity contribution in [3.05, 3.63) is 89.0 Å². The van der Waals surface area contributed by atoms with Gasteiger partial charge in [0.2, 0.25) is 0 Å². The highest BCUT2D eigenvalue weighted by Gasteiger charge is 2.38. The van der Waals surface area contributed by atoms with Crippen molar-refractivity contribution in [2.45, 2.75) is 12.8 Å². The third-order valence-corrected chi connectivity index (χ3v) is 4.44. The van der Waals surface area contributed by atoms with Crippen LogP contribution in [0.2, 0.25) is 0 Å². The summed E-state index contributed by atoms with van der Waals surface area (Å²) in [5, 5.41) is 0. The molecule has 0 radical (unpaired) electrons. The predicted octanol–water partition coefficient (Wildman–Crippen LogP) is 5.55. The van der Waals surface area contributed by atoms with Gasteiger partial charge < -0.3 is 9.47 Å². The summed E-state index contributed by atoms with van der Waals surface area (Å²) < 4.78 is 51.6. The van der Waals surface area contributed by atoms with Gasteiger partial charge in [0.15, 0.2) is 6.29 Å². The zero-order chi connectivity index (χ0) is 21.7. The first-order valence-corrected chi connectivity index (χ1v) is 8.90. The van der Waals surface area contributed by atoms with E-state index in [0.29, 0.717) is 11.6 Å². The molecule has 3 aromatic carbocycles. The molecule has 0 atom stereocenters. The Morgan fingerprint density at radius 1 is 1.00 bits per heavy atom. The molecule has 0 bridgehead atoms. The van der Waals surface area contributed by atoms with Crippen molar-refractivity contribution in [2.24, 2.45) is 0 Å². The number of hydrogen-bond donors (Lipinski definition) is 0. The topological polar surface area (TPSA) is 52.6 Å². The van der Waals surface area contributed by atoms with Crippen molar-refractivity contribution < 1.29 is 32.2 Å². The van der Waals surface area contributed by atoms with Crippen molar-refractivity contribution in [1.82, 2.24) is 0 Å². The highest BCUT2D eigenvalue weighted by Crippen LogP contribution is 2.43. The molecule has 154 valence electrons. The highest BCUT2D eigenvalue weighted by molar-refractivity contribution is 6.01. The second-order valence-corrected chi connectivity index (χ2v) is 6.34. The Morgan fingerprint density at radius 2 is 1.60 bits per heavy atom. The fraction of sp³-hybridized carbons (Fsp3) is 0.130. The molecule has 0 aromatic heterocycles. The first-order chi connectivity index (χ1) is 14.4. The third kappa shape index (κ3) is 4.35. The molecule has 0 saturated carbocycles. The number of carbonyl (C=O) groups is 2. The molecular weight excluding hydrogens is 397 g/mol. The van der Waals surface area contributed by atoms with Gasteiger partial charge in [0.25, 0.3) is 0 Å². The summed E-state index contributed by atoms with van der Waals surface area (Å²) >= 11 is 0. The monoisotopic (exact) mass is 414 g/mol. The van der Waals surface area contributed by atoms with Crippen LogP contribution in [0.1, 0.15) is 31.8 Å². The van der Waals surface area contributed by atoms with E-state index in [1.54, 1.807) is 60.7 Å². The normalized spacial score (nSPS) is 11.1. The number of benzene rings is 3. The lowest BCUT2D eigenvalue weighted by Crippen LogP contribution is -2.16. The second-order valence-electron chi connectivity index (χ2n) is 6.34. The van der Waals surface area contributed by atoms with Crippen LogP contribution in [0.5, 0.6) is 5.75 Å². The SMILES string of the molecule is COC(=O)c1cc(C(F)(F)F)c(C=O)c(-c2ccccc2)c1OCc1ccccc1. The molecule has 0 unspecified atom stereocenters. The number of halogens is 3. The summed E-state index contributed by atoms with van der Waals surface area (Å²) in [6, 6.07) is 17.5. The average Bonchev–Trinajstić information content (AvgIpc) is 2.76. The maximum absolute atomic E-state index is 13.7. The van der Waals surface area contributed by atoms with Crippen LogP contribution in [0.15, 0.2) is 66.7 Å². The van der Waals surface area contributed by atoms with Crippen LogP contribution >= 0.6 is 0 Å². The van der Waals surface area contributed by atoms with E-state index in [-0.39, 0.29) is 24.2 Å². The lowest BCUT2D eigenvalue weighted by Gasteiger charge is -2.21. The van der Waals surface area contributed by atoms with Gasteiger partial charge in [-0.2, -0.15) is 13.2 Å². The third-order valence-electron chi connectivity index (χ3n) is 4.44. The Morgan fingerprint density at radius 3 is 2.13 bits per heavy atom. The van der Waals surface area contributed by atoms with E-state index in [1.807, 2.05) is 0 Å². The standard InChI is InChI=1S/C23H17F3O4/c1-29-22(28)17-12-19(23(24,25)26)18(13-27)20(16-10-6-3-7-11-16)21(17)30-14-15-8-4-2-5-9-15/h2-13H,14H2,1H3. The quantitative estimate of drug-likeness (QED) is 0.392. The van der Waals surface area contributed by atoms with Crippen LogP contribution in [0.4, 0.5) is 13.2 Å². The molecule has 0 amide bonds. The maximum atomic E-state index is 13.7. The smallest absolute Gasteiger partial charge is 0.417 e. The van der Waals surface area contributed by atoms with Crippen LogP contribution in [0.3, 0.4) is 0 Å². The maximum Gasteiger partial charge on any atom is 0.417 e. The molecule has 3 aromatic rings. The van der Waals surface area contributed by atoms with Crippen LogP contribution < -0.4 is 4.74 Å². The van der Waals surface area contributed by atoms with Gasteiger partial charge in [-0.1, -0.05) is 60.7 Å². The van der Waals surface area contributed by atoms with Gasteiger partial charge in [-0.15, -0.1) is 0 Å². The lowest BCUT2D eigenvalue weighted by atomic mass is 9.91. The molecule has 7 heteroatoms. The Bertz CT molecular complexity index is 1050. The molecule has 0 aliphatic carbocycles. The van der Waals surface area contributed by atoms with Crippen molar-refractivity contribution in [1.29, 1.82) is 0 Å². The number of hydrogen-bond acceptors (Lipinski definition) is 4. The summed E-state index contributed by atoms with van der Waals surface area (Å²) in [6.45, 7) is -0.0195. The molecule has 4 nitrogen and oxygen atoms in total. The summed E-state index contributed by atoms with van der Waals surface area (Å²) in [4.78, 5) is 24.1. The van der Waals surface area contributed by atoms with Crippen LogP contribution in [0, 0.1) is 0 Å². The first-order valence-electron chi connectivity index (χ1n) is 8.90. The fourth-order valence-electron chi connectivity index (χ4n) is 3.07. The van der Waals surface area contributed by atoms with E-state index in [0.717, 1.165) is 12.7 Å². The number of carbonyl (C=O) groups excluding carboxylic acids is 2. The van der Waals surface area contributed by atoms with Gasteiger partial charge in [0.1, 0.15) is 17.9 Å². The van der Waals surface area contributed by atoms with Crippen molar-refractivity contribution in [3.8, 4) is 16.9 Å². The number of esters is 1. The van der Waals surface area contributed by atoms with Crippen LogP contribution in [0.25, 0.3) is 11.1 Å². The summed E-state index contributed by atoms with van der Waals surface area (Å²) in [6.07, 6.45) is -4.73. The zero-order valence-corrected chi connectivity index (χ0v) is 15.9. The van der Waals surface area contributed by atoms with Gasteiger partial charge in [-0.3, -0.25) is 4.79 Å². The average molecular weight is 414 g/mol. The van der Waals surface area contributed by atoms with E-state index < -0.39 is 28.8 Å². The van der Waals surface area contributed by atoms with E-state index in [9.17, 15) is 22.8 Å². The number of ether oxygens (including phenoxy) is 2. The minimum absolute atomic E-state index is 0.0195. The Kier molecular flexibility index (Phi) is 6.20. The largest absolute Gasteiger partial charge is 0.487 e. The molecule has 0 spiro atoms. The van der Waals surface area contributed by atoms with E-state index in [1.165, 1.54) is 0 Å². The predicted molar refractivity (Wildman–Crippen MR) is 104 cm³/mol. The van der Waals surface area contributed by atoms with E-state index in [4.69, 9.17) is 4.74 Å². The van der Waals surface area contributed by atoms with E-state index >= 15 is 0 Å². The van der Waals surface area contributed by atoms with Crippen LogP contribution in [-0.4, -0.2) is 19.4 Å². The molecule has 0 aliphatic rings. The first kappa shape index (κ1) is 21.1. The number of aldehydes is 1. The number of rotatable bonds is 6. The second kappa shape index (κ2) is 8.82. The Labute approximate surface area is 170 Å². The Hall–Kier alpha value is -3.61. The summed E-state index contributed by atoms with van der Waals surface area (Å²) in [7, 11) is 1.06. The van der Waals surface area contributed by atoms with E-state index in [2.05, 4.69) is 4.74 Å². The highest BCUT2D eigenvalue weighted by atomic mass is 19.4. The van der Waals surface area contributed by atoms with Crippen LogP contribution in [-0.2, 0) is 17.5 Å². The summed E-state index contributed by atoms with van der Waals surface area (Å²) in [5.74, 6) is -1.15. The molecule has 0 fully saturated rings. The van der Waals surface area contributed by atoms with Crippen molar-refractivity contribution in [3.63, 3.8) is 0 Å². The number of methoxy groups -OCH3 is 1. The van der Waals surface area contributed by atoms with Gasteiger partial charge in [-0.05, 0) is 17.2 Å². The molecule has 0 aliphatic heterocycles. The minimum atomic E-state index is -4.86. The van der Waals surface area contributed by atoms with Crippen molar-refractivity contribution >= 4 is 12.3 Å². The molecule has 0 saturated heterocycles. The Balaban J connectivity index is 2.30. The van der Waals surface area contributed by atoms with Crippen molar-refractivity contribution in [2.75, 3.05) is 7.11 Å². The lowest BCUT2D eigenvalue weighted by molar-refractivity contribution is -0.137. The van der Waals surface area contributed by atoms with Gasteiger partial charge >= 0.3 is 12.1 Å². The zero-order valence-electron chi connectivity index (χ0n) is 15.9. The molecule has 30 heavy (non-hydrogen) atoms. The number of alkyl halides is 3. The molecule has 0 heterocycles. The molecular formula is C23H17F3O4. The minimum Gasteiger partial charge on any atom is -0.487 e. The summed E-state index contributed by atoms with van der Waals surface area (Å²) in [5.41, 5.74) is -1.33. The fourth-order valence-corrected chi connectivity index (χ4v) is 3.07.